The van der Waals surface area contributed by atoms with Crippen LogP contribution >= 0.6 is 15.9 Å². The largest absolute Gasteiger partial charge is 0.504 e. The molecule has 0 spiro atoms. The second-order valence-electron chi connectivity index (χ2n) is 3.71. The van der Waals surface area contributed by atoms with E-state index in [0.717, 1.165) is 12.1 Å². The summed E-state index contributed by atoms with van der Waals surface area (Å²) in [6.07, 6.45) is -4.41. The molecule has 2 aromatic rings. The van der Waals surface area contributed by atoms with E-state index >= 15 is 0 Å². The van der Waals surface area contributed by atoms with E-state index in [1.165, 1.54) is 18.2 Å². The molecule has 0 fully saturated rings. The minimum atomic E-state index is -4.41. The van der Waals surface area contributed by atoms with E-state index in [-0.39, 0.29) is 21.7 Å². The number of hydrogen-bond donors (Lipinski definition) is 1. The molecule has 0 atom stereocenters. The van der Waals surface area contributed by atoms with Crippen molar-refractivity contribution in [3.63, 3.8) is 0 Å². The molecule has 0 saturated carbocycles. The van der Waals surface area contributed by atoms with E-state index < -0.39 is 11.7 Å². The fraction of sp³-hybridized carbons (Fsp3) is 0.0769. The van der Waals surface area contributed by atoms with E-state index in [1.807, 2.05) is 0 Å². The zero-order valence-electron chi connectivity index (χ0n) is 9.41. The first kappa shape index (κ1) is 13.7. The van der Waals surface area contributed by atoms with E-state index in [2.05, 4.69) is 15.9 Å². The third-order valence-corrected chi connectivity index (χ3v) is 2.96. The molecule has 6 heteroatoms. The minimum absolute atomic E-state index is 0.0886. The highest BCUT2D eigenvalue weighted by atomic mass is 79.9. The minimum Gasteiger partial charge on any atom is -0.504 e. The van der Waals surface area contributed by atoms with Crippen molar-refractivity contribution in [1.82, 2.24) is 0 Å². The van der Waals surface area contributed by atoms with Crippen LogP contribution in [0.4, 0.5) is 13.2 Å². The van der Waals surface area contributed by atoms with Gasteiger partial charge >= 0.3 is 6.18 Å². The molecule has 2 aromatic carbocycles. The number of rotatable bonds is 2. The molecule has 0 unspecified atom stereocenters. The molecule has 1 N–H and O–H groups in total. The first-order chi connectivity index (χ1) is 8.88. The topological polar surface area (TPSA) is 29.5 Å². The smallest absolute Gasteiger partial charge is 0.416 e. The second-order valence-corrected chi connectivity index (χ2v) is 4.57. The number of aromatic hydroxyl groups is 1. The van der Waals surface area contributed by atoms with Gasteiger partial charge in [-0.1, -0.05) is 12.1 Å². The van der Waals surface area contributed by atoms with Gasteiger partial charge in [-0.15, -0.1) is 0 Å². The molecule has 0 bridgehead atoms. The van der Waals surface area contributed by atoms with Crippen LogP contribution in [0.2, 0.25) is 0 Å². The lowest BCUT2D eigenvalue weighted by Gasteiger charge is -2.11. The molecule has 0 radical (unpaired) electrons. The standard InChI is InChI=1S/C13H8BrF3O2/c14-9-7-8(13(15,16)17)5-6-11(9)19-12-4-2-1-3-10(12)18/h1-7,18H. The van der Waals surface area contributed by atoms with E-state index in [4.69, 9.17) is 4.74 Å². The van der Waals surface area contributed by atoms with Crippen LogP contribution in [0.3, 0.4) is 0 Å². The first-order valence-electron chi connectivity index (χ1n) is 5.20. The SMILES string of the molecule is Oc1ccccc1Oc1ccc(C(F)(F)F)cc1Br. The van der Waals surface area contributed by atoms with Crippen LogP contribution in [-0.4, -0.2) is 5.11 Å². The Morgan fingerprint density at radius 2 is 1.68 bits per heavy atom. The Balaban J connectivity index is 2.30. The lowest BCUT2D eigenvalue weighted by atomic mass is 10.2. The number of hydrogen-bond acceptors (Lipinski definition) is 2. The third kappa shape index (κ3) is 3.20. The van der Waals surface area contributed by atoms with E-state index in [0.29, 0.717) is 0 Å². The van der Waals surface area contributed by atoms with Crippen LogP contribution < -0.4 is 4.74 Å². The quantitative estimate of drug-likeness (QED) is 0.841. The molecule has 0 aliphatic heterocycles. The average Bonchev–Trinajstić information content (AvgIpc) is 2.33. The van der Waals surface area contributed by atoms with Crippen molar-refractivity contribution in [2.45, 2.75) is 6.18 Å². The van der Waals surface area contributed by atoms with E-state index in [1.54, 1.807) is 12.1 Å². The van der Waals surface area contributed by atoms with Crippen LogP contribution in [0.5, 0.6) is 17.2 Å². The number of halogens is 4. The second kappa shape index (κ2) is 5.13. The molecule has 0 aromatic heterocycles. The Bertz CT molecular complexity index is 597. The number of ether oxygens (including phenoxy) is 1. The van der Waals surface area contributed by atoms with Crippen LogP contribution in [0.25, 0.3) is 0 Å². The van der Waals surface area contributed by atoms with Crippen molar-refractivity contribution in [3.05, 3.63) is 52.5 Å². The number of para-hydroxylation sites is 2. The molecular weight excluding hydrogens is 325 g/mol. The summed E-state index contributed by atoms with van der Waals surface area (Å²) >= 11 is 3.02. The van der Waals surface area contributed by atoms with Crippen molar-refractivity contribution < 1.29 is 23.0 Å². The zero-order chi connectivity index (χ0) is 14.0. The molecule has 0 amide bonds. The Kier molecular flexibility index (Phi) is 3.71. The van der Waals surface area contributed by atoms with Gasteiger partial charge in [-0.2, -0.15) is 13.2 Å². The summed E-state index contributed by atoms with van der Waals surface area (Å²) < 4.78 is 43.0. The van der Waals surface area contributed by atoms with Crippen LogP contribution in [-0.2, 0) is 6.18 Å². The maximum atomic E-state index is 12.5. The lowest BCUT2D eigenvalue weighted by molar-refractivity contribution is -0.137. The van der Waals surface area contributed by atoms with Gasteiger partial charge < -0.3 is 9.84 Å². The number of phenolic OH excluding ortho intramolecular Hbond substituents is 1. The van der Waals surface area contributed by atoms with Gasteiger partial charge in [-0.05, 0) is 46.3 Å². The van der Waals surface area contributed by atoms with Crippen molar-refractivity contribution in [2.24, 2.45) is 0 Å². The average molecular weight is 333 g/mol. The van der Waals surface area contributed by atoms with Gasteiger partial charge in [0.2, 0.25) is 0 Å². The normalized spacial score (nSPS) is 11.4. The molecular formula is C13H8BrF3O2. The van der Waals surface area contributed by atoms with Gasteiger partial charge in [0.15, 0.2) is 11.5 Å². The Labute approximate surface area is 115 Å². The van der Waals surface area contributed by atoms with Crippen LogP contribution in [0.1, 0.15) is 5.56 Å². The molecule has 0 heterocycles. The predicted octanol–water partition coefficient (Wildman–Crippen LogP) is 4.97. The summed E-state index contributed by atoms with van der Waals surface area (Å²) in [5, 5.41) is 9.53. The number of phenols is 1. The molecule has 2 nitrogen and oxygen atoms in total. The van der Waals surface area contributed by atoms with Gasteiger partial charge in [0.25, 0.3) is 0 Å². The highest BCUT2D eigenvalue weighted by Gasteiger charge is 2.31. The summed E-state index contributed by atoms with van der Waals surface area (Å²) in [6, 6.07) is 9.23. The summed E-state index contributed by atoms with van der Waals surface area (Å²) in [5.74, 6) is 0.270. The first-order valence-corrected chi connectivity index (χ1v) is 6.00. The monoisotopic (exact) mass is 332 g/mol. The Morgan fingerprint density at radius 3 is 2.26 bits per heavy atom. The maximum absolute atomic E-state index is 12.5. The third-order valence-electron chi connectivity index (χ3n) is 2.34. The maximum Gasteiger partial charge on any atom is 0.416 e. The fourth-order valence-corrected chi connectivity index (χ4v) is 1.88. The summed E-state index contributed by atoms with van der Waals surface area (Å²) in [7, 11) is 0. The summed E-state index contributed by atoms with van der Waals surface area (Å²) in [6.45, 7) is 0. The van der Waals surface area contributed by atoms with Gasteiger partial charge in [0.05, 0.1) is 10.0 Å². The van der Waals surface area contributed by atoms with Crippen molar-refractivity contribution in [1.29, 1.82) is 0 Å². The van der Waals surface area contributed by atoms with Gasteiger partial charge in [0.1, 0.15) is 5.75 Å². The highest BCUT2D eigenvalue weighted by Crippen LogP contribution is 2.38. The van der Waals surface area contributed by atoms with Crippen LogP contribution in [0, 0.1) is 0 Å². The van der Waals surface area contributed by atoms with Gasteiger partial charge in [0, 0.05) is 0 Å². The molecule has 0 aliphatic carbocycles. The van der Waals surface area contributed by atoms with Gasteiger partial charge in [-0.25, -0.2) is 0 Å². The van der Waals surface area contributed by atoms with Crippen molar-refractivity contribution in [2.75, 3.05) is 0 Å². The fourth-order valence-electron chi connectivity index (χ4n) is 1.42. The Hall–Kier alpha value is -1.69. The molecule has 19 heavy (non-hydrogen) atoms. The molecule has 0 aliphatic rings. The van der Waals surface area contributed by atoms with Crippen molar-refractivity contribution in [3.8, 4) is 17.2 Å². The molecule has 100 valence electrons. The molecule has 2 rings (SSSR count). The predicted molar refractivity (Wildman–Crippen MR) is 67.3 cm³/mol. The zero-order valence-corrected chi connectivity index (χ0v) is 11.0. The summed E-state index contributed by atoms with van der Waals surface area (Å²) in [5.41, 5.74) is -0.774. The van der Waals surface area contributed by atoms with E-state index in [9.17, 15) is 18.3 Å². The van der Waals surface area contributed by atoms with Crippen LogP contribution in [0.15, 0.2) is 46.9 Å². The number of alkyl halides is 3. The Morgan fingerprint density at radius 1 is 1.00 bits per heavy atom. The van der Waals surface area contributed by atoms with Gasteiger partial charge in [-0.3, -0.25) is 0 Å². The number of benzene rings is 2. The van der Waals surface area contributed by atoms with Crippen molar-refractivity contribution >= 4 is 15.9 Å². The summed E-state index contributed by atoms with van der Waals surface area (Å²) in [4.78, 5) is 0. The lowest BCUT2D eigenvalue weighted by Crippen LogP contribution is -2.04. The molecule has 0 saturated heterocycles. The highest BCUT2D eigenvalue weighted by molar-refractivity contribution is 9.10.